The third-order valence-corrected chi connectivity index (χ3v) is 3.24. The van der Waals surface area contributed by atoms with Crippen molar-refractivity contribution >= 4 is 17.9 Å². The summed E-state index contributed by atoms with van der Waals surface area (Å²) in [5, 5.41) is 6.71. The quantitative estimate of drug-likeness (QED) is 0.861. The summed E-state index contributed by atoms with van der Waals surface area (Å²) in [5.41, 5.74) is 2.63. The van der Waals surface area contributed by atoms with Crippen molar-refractivity contribution in [2.24, 2.45) is 0 Å². The zero-order valence-electron chi connectivity index (χ0n) is 10.9. The molecule has 1 aliphatic heterocycles. The van der Waals surface area contributed by atoms with Crippen molar-refractivity contribution in [2.75, 3.05) is 18.1 Å². The van der Waals surface area contributed by atoms with Gasteiger partial charge in [-0.25, -0.2) is 0 Å². The van der Waals surface area contributed by atoms with Crippen molar-refractivity contribution in [3.63, 3.8) is 0 Å². The fourth-order valence-corrected chi connectivity index (χ4v) is 2.25. The van der Waals surface area contributed by atoms with Crippen LogP contribution in [0.3, 0.4) is 0 Å². The topological polar surface area (TPSA) is 75.3 Å². The number of carbonyl (C=O) groups is 2. The van der Waals surface area contributed by atoms with Gasteiger partial charge in [0, 0.05) is 12.1 Å². The number of aldehydes is 1. The number of aromatic amines is 1. The first-order valence-corrected chi connectivity index (χ1v) is 6.31. The molecule has 0 spiro atoms. The van der Waals surface area contributed by atoms with E-state index in [2.05, 4.69) is 10.2 Å². The molecule has 1 aromatic heterocycles. The summed E-state index contributed by atoms with van der Waals surface area (Å²) in [7, 11) is 0. The van der Waals surface area contributed by atoms with Crippen LogP contribution in [0, 0.1) is 0 Å². The lowest BCUT2D eigenvalue weighted by atomic mass is 10.1. The van der Waals surface area contributed by atoms with Crippen LogP contribution < -0.4 is 9.64 Å². The molecule has 102 valence electrons. The molecule has 3 rings (SSSR count). The largest absolute Gasteiger partial charge is 0.482 e. The predicted molar refractivity (Wildman–Crippen MR) is 72.9 cm³/mol. The van der Waals surface area contributed by atoms with Crippen molar-refractivity contribution in [3.05, 3.63) is 30.0 Å². The molecule has 2 aromatic rings. The standard InChI is InChI=1S/C14H13N3O3/c1-2-17-12-5-9(11-6-10(7-18)15-16-11)3-4-13(12)20-8-14(17)19/h3-7H,2,8H2,1H3,(H,15,16). The summed E-state index contributed by atoms with van der Waals surface area (Å²) >= 11 is 0. The summed E-state index contributed by atoms with van der Waals surface area (Å²) in [5.74, 6) is 0.620. The van der Waals surface area contributed by atoms with Gasteiger partial charge < -0.3 is 9.64 Å². The number of rotatable bonds is 3. The highest BCUT2D eigenvalue weighted by Gasteiger charge is 2.24. The van der Waals surface area contributed by atoms with E-state index in [4.69, 9.17) is 4.74 Å². The van der Waals surface area contributed by atoms with E-state index < -0.39 is 0 Å². The monoisotopic (exact) mass is 271 g/mol. The number of hydrogen-bond acceptors (Lipinski definition) is 4. The molecule has 0 unspecified atom stereocenters. The maximum atomic E-state index is 11.8. The second kappa shape index (κ2) is 4.80. The van der Waals surface area contributed by atoms with E-state index in [1.54, 1.807) is 11.0 Å². The third kappa shape index (κ3) is 1.95. The zero-order valence-corrected chi connectivity index (χ0v) is 10.9. The Balaban J connectivity index is 2.05. The molecular weight excluding hydrogens is 258 g/mol. The lowest BCUT2D eigenvalue weighted by molar-refractivity contribution is -0.121. The van der Waals surface area contributed by atoms with E-state index in [-0.39, 0.29) is 12.5 Å². The van der Waals surface area contributed by atoms with Gasteiger partial charge in [0.25, 0.3) is 5.91 Å². The molecule has 0 aliphatic carbocycles. The number of aromatic nitrogens is 2. The molecule has 0 fully saturated rings. The number of carbonyl (C=O) groups excluding carboxylic acids is 2. The molecule has 0 radical (unpaired) electrons. The molecule has 1 aromatic carbocycles. The van der Waals surface area contributed by atoms with Crippen LogP contribution in [-0.4, -0.2) is 35.5 Å². The van der Waals surface area contributed by atoms with Crippen LogP contribution in [0.15, 0.2) is 24.3 Å². The minimum atomic E-state index is -0.0623. The number of H-pyrrole nitrogens is 1. The Labute approximate surface area is 115 Å². The van der Waals surface area contributed by atoms with Gasteiger partial charge in [-0.3, -0.25) is 14.7 Å². The third-order valence-electron chi connectivity index (χ3n) is 3.24. The average Bonchev–Trinajstić information content (AvgIpc) is 2.95. The second-order valence-corrected chi connectivity index (χ2v) is 4.44. The minimum Gasteiger partial charge on any atom is -0.482 e. The van der Waals surface area contributed by atoms with Crippen LogP contribution in [0.25, 0.3) is 11.3 Å². The number of hydrogen-bond donors (Lipinski definition) is 1. The highest BCUT2D eigenvalue weighted by molar-refractivity contribution is 5.98. The van der Waals surface area contributed by atoms with Crippen LogP contribution in [-0.2, 0) is 4.79 Å². The number of likely N-dealkylation sites (N-methyl/N-ethyl adjacent to an activating group) is 1. The molecular formula is C14H13N3O3. The van der Waals surface area contributed by atoms with Gasteiger partial charge >= 0.3 is 0 Å². The van der Waals surface area contributed by atoms with E-state index in [1.165, 1.54) is 0 Å². The first kappa shape index (κ1) is 12.4. The van der Waals surface area contributed by atoms with Crippen LogP contribution in [0.1, 0.15) is 17.4 Å². The van der Waals surface area contributed by atoms with Gasteiger partial charge in [0.1, 0.15) is 5.75 Å². The van der Waals surface area contributed by atoms with Gasteiger partial charge in [-0.15, -0.1) is 0 Å². The summed E-state index contributed by atoms with van der Waals surface area (Å²) < 4.78 is 5.41. The number of nitrogens with zero attached hydrogens (tertiary/aromatic N) is 2. The Hall–Kier alpha value is -2.63. The average molecular weight is 271 g/mol. The van der Waals surface area contributed by atoms with Crippen molar-refractivity contribution < 1.29 is 14.3 Å². The van der Waals surface area contributed by atoms with Crippen LogP contribution in [0.5, 0.6) is 5.75 Å². The molecule has 0 saturated heterocycles. The highest BCUT2D eigenvalue weighted by Crippen LogP contribution is 2.35. The van der Waals surface area contributed by atoms with E-state index in [1.807, 2.05) is 25.1 Å². The van der Waals surface area contributed by atoms with E-state index in [9.17, 15) is 9.59 Å². The van der Waals surface area contributed by atoms with Gasteiger partial charge in [-0.2, -0.15) is 5.10 Å². The van der Waals surface area contributed by atoms with Crippen LogP contribution in [0.2, 0.25) is 0 Å². The predicted octanol–water partition coefficient (Wildman–Crippen LogP) is 1.63. The van der Waals surface area contributed by atoms with Crippen molar-refractivity contribution in [1.29, 1.82) is 0 Å². The molecule has 0 atom stereocenters. The van der Waals surface area contributed by atoms with Crippen molar-refractivity contribution in [1.82, 2.24) is 10.2 Å². The molecule has 0 saturated carbocycles. The van der Waals surface area contributed by atoms with E-state index in [0.29, 0.717) is 30.0 Å². The summed E-state index contributed by atoms with van der Waals surface area (Å²) in [6.45, 7) is 2.56. The van der Waals surface area contributed by atoms with Gasteiger partial charge in [-0.1, -0.05) is 0 Å². The zero-order chi connectivity index (χ0) is 14.1. The first-order valence-electron chi connectivity index (χ1n) is 6.31. The Morgan fingerprint density at radius 2 is 2.30 bits per heavy atom. The summed E-state index contributed by atoms with van der Waals surface area (Å²) in [6, 6.07) is 7.18. The van der Waals surface area contributed by atoms with E-state index >= 15 is 0 Å². The number of nitrogens with one attached hydrogen (secondary N) is 1. The Kier molecular flexibility index (Phi) is 2.98. The van der Waals surface area contributed by atoms with Gasteiger partial charge in [0.15, 0.2) is 12.9 Å². The van der Waals surface area contributed by atoms with E-state index in [0.717, 1.165) is 11.3 Å². The molecule has 0 bridgehead atoms. The lowest BCUT2D eigenvalue weighted by Crippen LogP contribution is -2.38. The molecule has 2 heterocycles. The van der Waals surface area contributed by atoms with Gasteiger partial charge in [0.05, 0.1) is 17.1 Å². The maximum Gasteiger partial charge on any atom is 0.265 e. The first-order chi connectivity index (χ1) is 9.72. The Morgan fingerprint density at radius 1 is 1.45 bits per heavy atom. The molecule has 20 heavy (non-hydrogen) atoms. The van der Waals surface area contributed by atoms with Gasteiger partial charge in [0.2, 0.25) is 0 Å². The Morgan fingerprint density at radius 3 is 3.00 bits per heavy atom. The molecule has 6 heteroatoms. The normalized spacial score (nSPS) is 13.8. The minimum absolute atomic E-state index is 0.0623. The molecule has 1 N–H and O–H groups in total. The van der Waals surface area contributed by atoms with Crippen molar-refractivity contribution in [3.8, 4) is 17.0 Å². The second-order valence-electron chi connectivity index (χ2n) is 4.44. The molecule has 1 amide bonds. The SMILES string of the molecule is CCN1C(=O)COc2ccc(-c3cc(C=O)[nH]n3)cc21. The lowest BCUT2D eigenvalue weighted by Gasteiger charge is -2.28. The van der Waals surface area contributed by atoms with Crippen LogP contribution >= 0.6 is 0 Å². The summed E-state index contributed by atoms with van der Waals surface area (Å²) in [6.07, 6.45) is 0.708. The molecule has 1 aliphatic rings. The summed E-state index contributed by atoms with van der Waals surface area (Å²) in [4.78, 5) is 24.2. The number of fused-ring (bicyclic) bond motifs is 1. The number of anilines is 1. The fraction of sp³-hybridized carbons (Fsp3) is 0.214. The number of ether oxygens (including phenoxy) is 1. The number of benzene rings is 1. The van der Waals surface area contributed by atoms with Crippen LogP contribution in [0.4, 0.5) is 5.69 Å². The van der Waals surface area contributed by atoms with Crippen molar-refractivity contribution in [2.45, 2.75) is 6.92 Å². The highest BCUT2D eigenvalue weighted by atomic mass is 16.5. The smallest absolute Gasteiger partial charge is 0.265 e. The maximum absolute atomic E-state index is 11.8. The molecule has 6 nitrogen and oxygen atoms in total. The fourth-order valence-electron chi connectivity index (χ4n) is 2.25. The Bertz CT molecular complexity index is 678. The number of amides is 1. The van der Waals surface area contributed by atoms with Gasteiger partial charge in [-0.05, 0) is 31.2 Å².